The molecule has 5 fully saturated rings. The molecule has 0 radical (unpaired) electrons. The van der Waals surface area contributed by atoms with Gasteiger partial charge in [-0.25, -0.2) is 24.6 Å². The van der Waals surface area contributed by atoms with Gasteiger partial charge in [0.25, 0.3) is 0 Å². The standard InChI is InChI=1S/C22H29FN2O4/c1-13-4-9-18-14(2)19(26)25(24-12-15-5-7-16(23)8-6-15)20-22(18)17(13)10-11-21(3,27-20)28-29-22/h5-8,13-14,17-18,20,24H,4,9-12H2,1-3H3/t13-,14-,17+,18+,20-,21?,22-/m1/s1. The number of benzene rings is 1. The molecule has 1 aromatic rings. The maximum Gasteiger partial charge on any atom is 0.242 e. The third-order valence-corrected chi connectivity index (χ3v) is 7.63. The number of amides is 1. The van der Waals surface area contributed by atoms with Gasteiger partial charge in [-0.05, 0) is 55.7 Å². The molecule has 2 bridgehead atoms. The summed E-state index contributed by atoms with van der Waals surface area (Å²) in [5.41, 5.74) is 3.49. The molecule has 6 rings (SSSR count). The van der Waals surface area contributed by atoms with Crippen LogP contribution in [0, 0.1) is 29.5 Å². The Morgan fingerprint density at radius 2 is 1.90 bits per heavy atom. The highest BCUT2D eigenvalue weighted by atomic mass is 19.1. The molecule has 29 heavy (non-hydrogen) atoms. The van der Waals surface area contributed by atoms with Crippen molar-refractivity contribution in [2.24, 2.45) is 23.7 Å². The van der Waals surface area contributed by atoms with Crippen LogP contribution in [-0.2, 0) is 25.9 Å². The van der Waals surface area contributed by atoms with Crippen LogP contribution in [0.5, 0.6) is 0 Å². The van der Waals surface area contributed by atoms with Crippen molar-refractivity contribution in [2.75, 3.05) is 0 Å². The van der Waals surface area contributed by atoms with E-state index >= 15 is 0 Å². The fraction of sp³-hybridized carbons (Fsp3) is 0.682. The molecule has 6 nitrogen and oxygen atoms in total. The lowest BCUT2D eigenvalue weighted by Crippen LogP contribution is -2.76. The summed E-state index contributed by atoms with van der Waals surface area (Å²) in [7, 11) is 0. The van der Waals surface area contributed by atoms with E-state index in [9.17, 15) is 9.18 Å². The highest BCUT2D eigenvalue weighted by Gasteiger charge is 2.70. The molecule has 4 heterocycles. The lowest BCUT2D eigenvalue weighted by molar-refractivity contribution is -0.549. The highest BCUT2D eigenvalue weighted by molar-refractivity contribution is 5.80. The molecule has 1 N–H and O–H groups in total. The zero-order valence-electron chi connectivity index (χ0n) is 17.2. The van der Waals surface area contributed by atoms with Crippen molar-refractivity contribution in [1.29, 1.82) is 0 Å². The van der Waals surface area contributed by atoms with Gasteiger partial charge in [-0.3, -0.25) is 4.79 Å². The second-order valence-electron chi connectivity index (χ2n) is 9.39. The van der Waals surface area contributed by atoms with Crippen LogP contribution in [0.25, 0.3) is 0 Å². The molecule has 1 saturated carbocycles. The Morgan fingerprint density at radius 1 is 1.14 bits per heavy atom. The first-order valence-corrected chi connectivity index (χ1v) is 10.7. The molecule has 7 atom stereocenters. The fourth-order valence-electron chi connectivity index (χ4n) is 6.00. The number of hydrazine groups is 1. The number of hydrogen-bond donors (Lipinski definition) is 1. The van der Waals surface area contributed by atoms with E-state index in [1.807, 2.05) is 13.8 Å². The highest BCUT2D eigenvalue weighted by Crippen LogP contribution is 2.60. The monoisotopic (exact) mass is 404 g/mol. The molecule has 4 saturated heterocycles. The van der Waals surface area contributed by atoms with Crippen molar-refractivity contribution in [3.8, 4) is 0 Å². The Kier molecular flexibility index (Phi) is 4.51. The predicted molar refractivity (Wildman–Crippen MR) is 102 cm³/mol. The summed E-state index contributed by atoms with van der Waals surface area (Å²) in [4.78, 5) is 25.4. The molecule has 1 aliphatic carbocycles. The smallest absolute Gasteiger partial charge is 0.242 e. The Morgan fingerprint density at radius 3 is 2.66 bits per heavy atom. The average Bonchev–Trinajstić information content (AvgIpc) is 2.94. The van der Waals surface area contributed by atoms with Crippen LogP contribution >= 0.6 is 0 Å². The molecular formula is C22H29FN2O4. The zero-order chi connectivity index (χ0) is 20.4. The summed E-state index contributed by atoms with van der Waals surface area (Å²) in [6.07, 6.45) is 3.16. The van der Waals surface area contributed by atoms with E-state index in [1.165, 1.54) is 12.1 Å². The molecular weight excluding hydrogens is 375 g/mol. The van der Waals surface area contributed by atoms with Crippen LogP contribution in [-0.4, -0.2) is 28.5 Å². The van der Waals surface area contributed by atoms with Crippen LogP contribution in [0.1, 0.15) is 52.0 Å². The zero-order valence-corrected chi connectivity index (χ0v) is 17.2. The number of ether oxygens (including phenoxy) is 1. The lowest BCUT2D eigenvalue weighted by atomic mass is 9.57. The second-order valence-corrected chi connectivity index (χ2v) is 9.39. The molecule has 1 aromatic carbocycles. The van der Waals surface area contributed by atoms with Gasteiger partial charge in [-0.15, -0.1) is 0 Å². The summed E-state index contributed by atoms with van der Waals surface area (Å²) < 4.78 is 19.7. The molecule has 5 aliphatic rings. The number of nitrogens with one attached hydrogen (secondary N) is 1. The van der Waals surface area contributed by atoms with Gasteiger partial charge in [0.05, 0.1) is 0 Å². The van der Waals surface area contributed by atoms with Crippen LogP contribution in [0.2, 0.25) is 0 Å². The van der Waals surface area contributed by atoms with Crippen molar-refractivity contribution in [1.82, 2.24) is 10.4 Å². The molecule has 158 valence electrons. The molecule has 1 unspecified atom stereocenters. The van der Waals surface area contributed by atoms with Gasteiger partial charge in [0.1, 0.15) is 5.82 Å². The minimum Gasteiger partial charge on any atom is -0.319 e. The Bertz CT molecular complexity index is 805. The first kappa shape index (κ1) is 19.4. The number of rotatable bonds is 3. The third-order valence-electron chi connectivity index (χ3n) is 7.63. The van der Waals surface area contributed by atoms with Gasteiger partial charge in [-0.2, -0.15) is 0 Å². The van der Waals surface area contributed by atoms with Gasteiger partial charge in [-0.1, -0.05) is 26.0 Å². The fourth-order valence-corrected chi connectivity index (χ4v) is 6.00. The summed E-state index contributed by atoms with van der Waals surface area (Å²) >= 11 is 0. The number of piperidine rings is 1. The van der Waals surface area contributed by atoms with Crippen LogP contribution in [0.15, 0.2) is 24.3 Å². The van der Waals surface area contributed by atoms with E-state index < -0.39 is 17.6 Å². The number of hydrogen-bond acceptors (Lipinski definition) is 5. The third kappa shape index (κ3) is 2.86. The van der Waals surface area contributed by atoms with Crippen LogP contribution in [0.4, 0.5) is 4.39 Å². The number of carbonyl (C=O) groups is 1. The van der Waals surface area contributed by atoms with Crippen LogP contribution < -0.4 is 5.43 Å². The first-order valence-electron chi connectivity index (χ1n) is 10.7. The number of fused-ring (bicyclic) bond motifs is 2. The summed E-state index contributed by atoms with van der Waals surface area (Å²) in [5.74, 6) is -0.527. The van der Waals surface area contributed by atoms with Gasteiger partial charge in [0.15, 0.2) is 11.8 Å². The number of nitrogens with zero attached hydrogens (tertiary/aromatic N) is 1. The van der Waals surface area contributed by atoms with E-state index in [-0.39, 0.29) is 29.5 Å². The molecule has 0 aromatic heterocycles. The van der Waals surface area contributed by atoms with E-state index in [0.717, 1.165) is 31.2 Å². The van der Waals surface area contributed by atoms with Crippen molar-refractivity contribution in [3.05, 3.63) is 35.6 Å². The van der Waals surface area contributed by atoms with E-state index in [0.29, 0.717) is 12.5 Å². The Hall–Kier alpha value is -1.54. The lowest BCUT2D eigenvalue weighted by Gasteiger charge is -2.61. The minimum atomic E-state index is -0.867. The predicted octanol–water partition coefficient (Wildman–Crippen LogP) is 3.52. The quantitative estimate of drug-likeness (QED) is 0.781. The maximum absolute atomic E-state index is 13.4. The topological polar surface area (TPSA) is 60.0 Å². The normalized spacial score (nSPS) is 43.8. The van der Waals surface area contributed by atoms with E-state index in [1.54, 1.807) is 17.1 Å². The molecule has 1 spiro atoms. The first-order chi connectivity index (χ1) is 13.8. The van der Waals surface area contributed by atoms with Crippen molar-refractivity contribution in [2.45, 2.75) is 70.6 Å². The molecule has 7 heteroatoms. The summed E-state index contributed by atoms with van der Waals surface area (Å²) in [5, 5.41) is 1.63. The summed E-state index contributed by atoms with van der Waals surface area (Å²) in [6, 6.07) is 6.28. The SMILES string of the molecule is C[C@@H]1CC[C@H]2[C@@H](C)C(=O)N(NCc3ccc(F)cc3)[C@@H]3OC4(C)CC[C@@H]1[C@@]23OO4. The second kappa shape index (κ2) is 6.74. The Labute approximate surface area is 170 Å². The van der Waals surface area contributed by atoms with Gasteiger partial charge < -0.3 is 4.74 Å². The van der Waals surface area contributed by atoms with Crippen molar-refractivity contribution < 1.29 is 23.7 Å². The Balaban J connectivity index is 1.51. The summed E-state index contributed by atoms with van der Waals surface area (Å²) in [6.45, 7) is 6.54. The molecule has 1 amide bonds. The number of carbonyl (C=O) groups excluding carboxylic acids is 1. The van der Waals surface area contributed by atoms with E-state index in [2.05, 4.69) is 12.3 Å². The van der Waals surface area contributed by atoms with Gasteiger partial charge in [0.2, 0.25) is 11.7 Å². The number of halogens is 1. The average molecular weight is 404 g/mol. The minimum absolute atomic E-state index is 0.0146. The van der Waals surface area contributed by atoms with E-state index in [4.69, 9.17) is 14.5 Å². The largest absolute Gasteiger partial charge is 0.319 e. The van der Waals surface area contributed by atoms with Crippen molar-refractivity contribution >= 4 is 5.91 Å². The van der Waals surface area contributed by atoms with Crippen molar-refractivity contribution in [3.63, 3.8) is 0 Å². The van der Waals surface area contributed by atoms with Crippen LogP contribution in [0.3, 0.4) is 0 Å². The van der Waals surface area contributed by atoms with Gasteiger partial charge in [0, 0.05) is 24.8 Å². The maximum atomic E-state index is 13.4. The van der Waals surface area contributed by atoms with Gasteiger partial charge >= 0.3 is 0 Å². The molecule has 4 aliphatic heterocycles.